The number of nitrogens with two attached hydrogens (primary N) is 1. The average molecular weight is 206 g/mol. The first-order valence-electron chi connectivity index (χ1n) is 4.71. The SMILES string of the molecule is CC(c1ccsc1)n1cccc1CN. The minimum Gasteiger partial charge on any atom is -0.343 e. The van der Waals surface area contributed by atoms with E-state index in [0.29, 0.717) is 12.6 Å². The Labute approximate surface area is 88.0 Å². The fraction of sp³-hybridized carbons (Fsp3) is 0.273. The highest BCUT2D eigenvalue weighted by atomic mass is 32.1. The maximum atomic E-state index is 5.67. The number of nitrogens with zero attached hydrogens (tertiary/aromatic N) is 1. The standard InChI is InChI=1S/C11H14N2S/c1-9(10-4-6-14-8-10)13-5-2-3-11(13)7-12/h2-6,8-9H,7,12H2,1H3. The molecule has 0 spiro atoms. The summed E-state index contributed by atoms with van der Waals surface area (Å²) in [6.45, 7) is 2.79. The summed E-state index contributed by atoms with van der Waals surface area (Å²) < 4.78 is 2.22. The van der Waals surface area contributed by atoms with Gasteiger partial charge in [0.15, 0.2) is 0 Å². The van der Waals surface area contributed by atoms with Crippen LogP contribution in [0.2, 0.25) is 0 Å². The highest BCUT2D eigenvalue weighted by molar-refractivity contribution is 7.07. The second kappa shape index (κ2) is 3.98. The van der Waals surface area contributed by atoms with E-state index in [1.165, 1.54) is 11.3 Å². The lowest BCUT2D eigenvalue weighted by Crippen LogP contribution is -2.11. The molecule has 0 aliphatic carbocycles. The first-order chi connectivity index (χ1) is 6.83. The van der Waals surface area contributed by atoms with Crippen molar-refractivity contribution in [2.45, 2.75) is 19.5 Å². The summed E-state index contributed by atoms with van der Waals surface area (Å²) in [5, 5.41) is 4.29. The van der Waals surface area contributed by atoms with Crippen LogP contribution in [0, 0.1) is 0 Å². The van der Waals surface area contributed by atoms with Gasteiger partial charge in [0.25, 0.3) is 0 Å². The molecule has 2 rings (SSSR count). The molecular weight excluding hydrogens is 192 g/mol. The molecule has 0 aliphatic heterocycles. The third-order valence-corrected chi connectivity index (χ3v) is 3.22. The summed E-state index contributed by atoms with van der Waals surface area (Å²) in [5.41, 5.74) is 8.20. The van der Waals surface area contributed by atoms with Gasteiger partial charge in [0, 0.05) is 18.4 Å². The van der Waals surface area contributed by atoms with Crippen LogP contribution in [0.15, 0.2) is 35.2 Å². The van der Waals surface area contributed by atoms with E-state index in [0.717, 1.165) is 0 Å². The first kappa shape index (κ1) is 9.49. The summed E-state index contributed by atoms with van der Waals surface area (Å²) in [6.07, 6.45) is 2.09. The van der Waals surface area contributed by atoms with E-state index in [2.05, 4.69) is 40.6 Å². The predicted octanol–water partition coefficient (Wildman–Crippen LogP) is 2.62. The molecule has 0 saturated carbocycles. The molecule has 2 aromatic rings. The number of thiophene rings is 1. The van der Waals surface area contributed by atoms with Crippen LogP contribution >= 0.6 is 11.3 Å². The second-order valence-electron chi connectivity index (χ2n) is 3.34. The monoisotopic (exact) mass is 206 g/mol. The van der Waals surface area contributed by atoms with E-state index in [-0.39, 0.29) is 0 Å². The van der Waals surface area contributed by atoms with Gasteiger partial charge >= 0.3 is 0 Å². The van der Waals surface area contributed by atoms with E-state index in [9.17, 15) is 0 Å². The number of hydrogen-bond acceptors (Lipinski definition) is 2. The van der Waals surface area contributed by atoms with Gasteiger partial charge in [0.05, 0.1) is 6.04 Å². The Morgan fingerprint density at radius 3 is 3.00 bits per heavy atom. The fourth-order valence-corrected chi connectivity index (χ4v) is 2.40. The van der Waals surface area contributed by atoms with Gasteiger partial charge in [-0.25, -0.2) is 0 Å². The van der Waals surface area contributed by atoms with E-state index in [4.69, 9.17) is 5.73 Å². The molecule has 0 amide bonds. The molecule has 1 atom stereocenters. The van der Waals surface area contributed by atoms with Gasteiger partial charge in [0.1, 0.15) is 0 Å². The van der Waals surface area contributed by atoms with Crippen molar-refractivity contribution in [1.82, 2.24) is 4.57 Å². The Morgan fingerprint density at radius 2 is 2.36 bits per heavy atom. The first-order valence-corrected chi connectivity index (χ1v) is 5.65. The van der Waals surface area contributed by atoms with E-state index in [1.807, 2.05) is 6.07 Å². The molecule has 2 N–H and O–H groups in total. The highest BCUT2D eigenvalue weighted by Gasteiger charge is 2.09. The zero-order valence-electron chi connectivity index (χ0n) is 8.18. The van der Waals surface area contributed by atoms with Crippen molar-refractivity contribution in [1.29, 1.82) is 0 Å². The van der Waals surface area contributed by atoms with Gasteiger partial charge in [-0.3, -0.25) is 0 Å². The zero-order valence-corrected chi connectivity index (χ0v) is 9.00. The lowest BCUT2D eigenvalue weighted by atomic mass is 10.2. The Balaban J connectivity index is 2.31. The lowest BCUT2D eigenvalue weighted by molar-refractivity contribution is 0.614. The zero-order chi connectivity index (χ0) is 9.97. The molecule has 2 nitrogen and oxygen atoms in total. The van der Waals surface area contributed by atoms with Gasteiger partial charge in [-0.05, 0) is 41.4 Å². The van der Waals surface area contributed by atoms with Crippen LogP contribution in [-0.2, 0) is 6.54 Å². The molecule has 0 aromatic carbocycles. The summed E-state index contributed by atoms with van der Waals surface area (Å²) >= 11 is 1.73. The van der Waals surface area contributed by atoms with E-state index < -0.39 is 0 Å². The molecule has 2 heterocycles. The molecule has 1 unspecified atom stereocenters. The largest absolute Gasteiger partial charge is 0.343 e. The van der Waals surface area contributed by atoms with Crippen molar-refractivity contribution >= 4 is 11.3 Å². The summed E-state index contributed by atoms with van der Waals surface area (Å²) in [7, 11) is 0. The smallest absolute Gasteiger partial charge is 0.0563 e. The van der Waals surface area contributed by atoms with Gasteiger partial charge in [0.2, 0.25) is 0 Å². The molecule has 0 aliphatic rings. The average Bonchev–Trinajstić information content (AvgIpc) is 2.87. The van der Waals surface area contributed by atoms with Crippen LogP contribution in [-0.4, -0.2) is 4.57 Å². The second-order valence-corrected chi connectivity index (χ2v) is 4.12. The lowest BCUT2D eigenvalue weighted by Gasteiger charge is -2.15. The molecular formula is C11H14N2S. The third-order valence-electron chi connectivity index (χ3n) is 2.52. The van der Waals surface area contributed by atoms with Gasteiger partial charge in [-0.1, -0.05) is 0 Å². The van der Waals surface area contributed by atoms with Crippen molar-refractivity contribution < 1.29 is 0 Å². The van der Waals surface area contributed by atoms with Crippen molar-refractivity contribution in [2.75, 3.05) is 0 Å². The minimum absolute atomic E-state index is 0.384. The number of aromatic nitrogens is 1. The summed E-state index contributed by atoms with van der Waals surface area (Å²) in [4.78, 5) is 0. The molecule has 14 heavy (non-hydrogen) atoms. The minimum atomic E-state index is 0.384. The van der Waals surface area contributed by atoms with Crippen LogP contribution in [0.1, 0.15) is 24.2 Å². The predicted molar refractivity (Wildman–Crippen MR) is 60.5 cm³/mol. The molecule has 0 fully saturated rings. The van der Waals surface area contributed by atoms with Gasteiger partial charge in [-0.15, -0.1) is 0 Å². The highest BCUT2D eigenvalue weighted by Crippen LogP contribution is 2.22. The van der Waals surface area contributed by atoms with Crippen LogP contribution in [0.3, 0.4) is 0 Å². The summed E-state index contributed by atoms with van der Waals surface area (Å²) in [5.74, 6) is 0. The molecule has 0 bridgehead atoms. The van der Waals surface area contributed by atoms with Crippen molar-refractivity contribution in [2.24, 2.45) is 5.73 Å². The van der Waals surface area contributed by atoms with Gasteiger partial charge in [-0.2, -0.15) is 11.3 Å². The van der Waals surface area contributed by atoms with Crippen molar-refractivity contribution in [3.8, 4) is 0 Å². The van der Waals surface area contributed by atoms with Gasteiger partial charge < -0.3 is 10.3 Å². The maximum absolute atomic E-state index is 5.67. The maximum Gasteiger partial charge on any atom is 0.0563 e. The summed E-state index contributed by atoms with van der Waals surface area (Å²) in [6, 6.07) is 6.67. The quantitative estimate of drug-likeness (QED) is 0.822. The van der Waals surface area contributed by atoms with Crippen LogP contribution < -0.4 is 5.73 Å². The molecule has 0 radical (unpaired) electrons. The molecule has 74 valence electrons. The van der Waals surface area contributed by atoms with Crippen molar-refractivity contribution in [3.05, 3.63) is 46.4 Å². The molecule has 2 aromatic heterocycles. The Bertz CT molecular complexity index is 389. The van der Waals surface area contributed by atoms with E-state index >= 15 is 0 Å². The molecule has 3 heteroatoms. The van der Waals surface area contributed by atoms with Crippen LogP contribution in [0.25, 0.3) is 0 Å². The topological polar surface area (TPSA) is 30.9 Å². The Kier molecular flexibility index (Phi) is 2.70. The fourth-order valence-electron chi connectivity index (χ4n) is 1.65. The normalized spacial score (nSPS) is 13.0. The number of hydrogen-bond donors (Lipinski definition) is 1. The van der Waals surface area contributed by atoms with Crippen LogP contribution in [0.5, 0.6) is 0 Å². The Morgan fingerprint density at radius 1 is 1.50 bits per heavy atom. The number of rotatable bonds is 3. The van der Waals surface area contributed by atoms with Crippen molar-refractivity contribution in [3.63, 3.8) is 0 Å². The third kappa shape index (κ3) is 1.61. The van der Waals surface area contributed by atoms with Crippen LogP contribution in [0.4, 0.5) is 0 Å². The Hall–Kier alpha value is -1.06. The molecule has 0 saturated heterocycles. The van der Waals surface area contributed by atoms with E-state index in [1.54, 1.807) is 11.3 Å².